The molecule has 1 rings (SSSR count). The molecule has 0 saturated heterocycles. The maximum atomic E-state index is 11.7. The third-order valence-corrected chi connectivity index (χ3v) is 2.78. The Labute approximate surface area is 98.5 Å². The van der Waals surface area contributed by atoms with Gasteiger partial charge in [0.2, 0.25) is 0 Å². The van der Waals surface area contributed by atoms with Gasteiger partial charge in [0.15, 0.2) is 0 Å². The fourth-order valence-electron chi connectivity index (χ4n) is 1.70. The number of hydrogen-bond acceptors (Lipinski definition) is 2. The van der Waals surface area contributed by atoms with E-state index >= 15 is 0 Å². The minimum atomic E-state index is -0.173. The summed E-state index contributed by atoms with van der Waals surface area (Å²) in [5, 5.41) is 0. The van der Waals surface area contributed by atoms with Crippen molar-refractivity contribution in [3.8, 4) is 0 Å². The van der Waals surface area contributed by atoms with Crippen molar-refractivity contribution in [2.24, 2.45) is 11.8 Å². The zero-order valence-corrected chi connectivity index (χ0v) is 10.8. The second-order valence-corrected chi connectivity index (χ2v) is 5.10. The quantitative estimate of drug-likeness (QED) is 0.691. The van der Waals surface area contributed by atoms with E-state index < -0.39 is 0 Å². The van der Waals surface area contributed by atoms with Gasteiger partial charge in [-0.1, -0.05) is 39.3 Å². The minimum Gasteiger partial charge on any atom is -0.449 e. The summed E-state index contributed by atoms with van der Waals surface area (Å²) in [6, 6.07) is 0. The van der Waals surface area contributed by atoms with E-state index in [4.69, 9.17) is 4.74 Å². The molecule has 16 heavy (non-hydrogen) atoms. The van der Waals surface area contributed by atoms with Crippen molar-refractivity contribution in [3.05, 3.63) is 11.6 Å². The predicted molar refractivity (Wildman–Crippen MR) is 65.3 cm³/mol. The molecule has 0 bridgehead atoms. The molecule has 0 N–H and O–H groups in total. The van der Waals surface area contributed by atoms with Crippen molar-refractivity contribution in [2.75, 3.05) is 19.7 Å². The first-order chi connectivity index (χ1) is 7.50. The Morgan fingerprint density at radius 3 is 2.56 bits per heavy atom. The van der Waals surface area contributed by atoms with Gasteiger partial charge in [-0.2, -0.15) is 0 Å². The van der Waals surface area contributed by atoms with E-state index in [0.29, 0.717) is 25.0 Å². The van der Waals surface area contributed by atoms with Gasteiger partial charge < -0.3 is 9.64 Å². The van der Waals surface area contributed by atoms with Crippen LogP contribution in [0, 0.1) is 11.8 Å². The molecule has 0 spiro atoms. The summed E-state index contributed by atoms with van der Waals surface area (Å²) >= 11 is 0. The maximum absolute atomic E-state index is 11.7. The first-order valence-corrected chi connectivity index (χ1v) is 6.11. The minimum absolute atomic E-state index is 0.173. The highest BCUT2D eigenvalue weighted by Gasteiger charge is 2.19. The fourth-order valence-corrected chi connectivity index (χ4v) is 1.70. The van der Waals surface area contributed by atoms with Crippen molar-refractivity contribution in [1.29, 1.82) is 0 Å². The van der Waals surface area contributed by atoms with Crippen LogP contribution in [0.3, 0.4) is 0 Å². The summed E-state index contributed by atoms with van der Waals surface area (Å²) in [5.74, 6) is 0.990. The van der Waals surface area contributed by atoms with Gasteiger partial charge in [-0.15, -0.1) is 0 Å². The molecular formula is C13H23NO2. The highest BCUT2D eigenvalue weighted by Crippen LogP contribution is 2.19. The number of rotatable bonds is 3. The van der Waals surface area contributed by atoms with Gasteiger partial charge >= 0.3 is 6.09 Å². The maximum Gasteiger partial charge on any atom is 0.410 e. The molecule has 0 radical (unpaired) electrons. The summed E-state index contributed by atoms with van der Waals surface area (Å²) in [7, 11) is 0. The van der Waals surface area contributed by atoms with Crippen LogP contribution in [0.1, 0.15) is 34.1 Å². The molecule has 92 valence electrons. The van der Waals surface area contributed by atoms with Crippen LogP contribution >= 0.6 is 0 Å². The van der Waals surface area contributed by atoms with Gasteiger partial charge in [-0.25, -0.2) is 4.79 Å². The van der Waals surface area contributed by atoms with E-state index in [-0.39, 0.29) is 6.09 Å². The van der Waals surface area contributed by atoms with Crippen molar-refractivity contribution < 1.29 is 9.53 Å². The Hall–Kier alpha value is -0.990. The molecule has 3 nitrogen and oxygen atoms in total. The first kappa shape index (κ1) is 13.1. The Balaban J connectivity index is 2.38. The van der Waals surface area contributed by atoms with Crippen LogP contribution in [0.5, 0.6) is 0 Å². The molecule has 0 unspecified atom stereocenters. The Morgan fingerprint density at radius 2 is 2.12 bits per heavy atom. The summed E-state index contributed by atoms with van der Waals surface area (Å²) in [5.41, 5.74) is 1.45. The molecule has 0 fully saturated rings. The van der Waals surface area contributed by atoms with E-state index in [1.54, 1.807) is 4.90 Å². The van der Waals surface area contributed by atoms with E-state index in [2.05, 4.69) is 19.9 Å². The molecule has 0 aromatic rings. The normalized spacial score (nSPS) is 16.6. The molecule has 1 amide bonds. The second-order valence-electron chi connectivity index (χ2n) is 5.10. The van der Waals surface area contributed by atoms with Gasteiger partial charge in [0.25, 0.3) is 0 Å². The SMILES string of the molecule is CC(C)COC(=O)N1CC=C(C(C)C)CC1. The molecule has 0 aromatic heterocycles. The van der Waals surface area contributed by atoms with Crippen LogP contribution in [0.4, 0.5) is 4.79 Å². The van der Waals surface area contributed by atoms with Crippen molar-refractivity contribution in [1.82, 2.24) is 4.90 Å². The third kappa shape index (κ3) is 3.87. The van der Waals surface area contributed by atoms with Gasteiger partial charge in [0.1, 0.15) is 0 Å². The number of hydrogen-bond donors (Lipinski definition) is 0. The van der Waals surface area contributed by atoms with Crippen molar-refractivity contribution in [2.45, 2.75) is 34.1 Å². The van der Waals surface area contributed by atoms with Crippen LogP contribution in [-0.4, -0.2) is 30.7 Å². The Kier molecular flexibility index (Phi) is 4.84. The number of amides is 1. The van der Waals surface area contributed by atoms with Crippen molar-refractivity contribution in [3.63, 3.8) is 0 Å². The molecule has 3 heteroatoms. The lowest BCUT2D eigenvalue weighted by Gasteiger charge is -2.27. The fraction of sp³-hybridized carbons (Fsp3) is 0.769. The van der Waals surface area contributed by atoms with Gasteiger partial charge in [-0.3, -0.25) is 0 Å². The second kappa shape index (κ2) is 5.92. The molecule has 1 aliphatic rings. The lowest BCUT2D eigenvalue weighted by Crippen LogP contribution is -2.36. The van der Waals surface area contributed by atoms with E-state index in [1.807, 2.05) is 13.8 Å². The molecule has 0 aliphatic carbocycles. The van der Waals surface area contributed by atoms with Crippen LogP contribution < -0.4 is 0 Å². The largest absolute Gasteiger partial charge is 0.449 e. The monoisotopic (exact) mass is 225 g/mol. The molecule has 1 heterocycles. The van der Waals surface area contributed by atoms with Crippen LogP contribution in [-0.2, 0) is 4.74 Å². The molecule has 0 aromatic carbocycles. The van der Waals surface area contributed by atoms with Gasteiger partial charge in [0.05, 0.1) is 6.61 Å². The van der Waals surface area contributed by atoms with E-state index in [0.717, 1.165) is 13.0 Å². The topological polar surface area (TPSA) is 29.5 Å². The number of carbonyl (C=O) groups is 1. The zero-order valence-electron chi connectivity index (χ0n) is 10.8. The lowest BCUT2D eigenvalue weighted by atomic mass is 9.97. The van der Waals surface area contributed by atoms with Crippen LogP contribution in [0.15, 0.2) is 11.6 Å². The van der Waals surface area contributed by atoms with Crippen LogP contribution in [0.2, 0.25) is 0 Å². The summed E-state index contributed by atoms with van der Waals surface area (Å²) < 4.78 is 5.20. The molecular weight excluding hydrogens is 202 g/mol. The van der Waals surface area contributed by atoms with E-state index in [1.165, 1.54) is 5.57 Å². The summed E-state index contributed by atoms with van der Waals surface area (Å²) in [6.07, 6.45) is 2.96. The van der Waals surface area contributed by atoms with E-state index in [9.17, 15) is 4.79 Å². The molecule has 0 saturated carbocycles. The Morgan fingerprint density at radius 1 is 1.44 bits per heavy atom. The molecule has 0 atom stereocenters. The highest BCUT2D eigenvalue weighted by molar-refractivity contribution is 5.68. The third-order valence-electron chi connectivity index (χ3n) is 2.78. The Bertz CT molecular complexity index is 269. The molecule has 1 aliphatic heterocycles. The zero-order chi connectivity index (χ0) is 12.1. The average molecular weight is 225 g/mol. The number of ether oxygens (including phenoxy) is 1. The number of nitrogens with zero attached hydrogens (tertiary/aromatic N) is 1. The predicted octanol–water partition coefficient (Wildman–Crippen LogP) is 3.07. The first-order valence-electron chi connectivity index (χ1n) is 6.11. The number of carbonyl (C=O) groups excluding carboxylic acids is 1. The summed E-state index contributed by atoms with van der Waals surface area (Å²) in [4.78, 5) is 13.4. The lowest BCUT2D eigenvalue weighted by molar-refractivity contribution is 0.0943. The van der Waals surface area contributed by atoms with Crippen molar-refractivity contribution >= 4 is 6.09 Å². The van der Waals surface area contributed by atoms with Crippen LogP contribution in [0.25, 0.3) is 0 Å². The summed E-state index contributed by atoms with van der Waals surface area (Å²) in [6.45, 7) is 10.5. The van der Waals surface area contributed by atoms with Gasteiger partial charge in [0, 0.05) is 13.1 Å². The smallest absolute Gasteiger partial charge is 0.410 e. The highest BCUT2D eigenvalue weighted by atomic mass is 16.6. The standard InChI is InChI=1S/C13H23NO2/c1-10(2)9-16-13(15)14-7-5-12(6-8-14)11(3)4/h5,10-11H,6-9H2,1-4H3. The van der Waals surface area contributed by atoms with Gasteiger partial charge in [-0.05, 0) is 18.3 Å². The average Bonchev–Trinajstić information content (AvgIpc) is 2.26.